The van der Waals surface area contributed by atoms with E-state index in [1.54, 1.807) is 18.2 Å². The molecule has 32 heavy (non-hydrogen) atoms. The molecule has 0 unspecified atom stereocenters. The van der Waals surface area contributed by atoms with Crippen molar-refractivity contribution in [2.45, 2.75) is 25.6 Å². The highest BCUT2D eigenvalue weighted by molar-refractivity contribution is 6.35. The van der Waals surface area contributed by atoms with E-state index in [4.69, 9.17) is 27.9 Å². The summed E-state index contributed by atoms with van der Waals surface area (Å²) in [6, 6.07) is 20.0. The highest BCUT2D eigenvalue weighted by Gasteiger charge is 2.19. The van der Waals surface area contributed by atoms with Crippen LogP contribution in [-0.4, -0.2) is 22.1 Å². The number of carbonyl (C=O) groups is 1. The van der Waals surface area contributed by atoms with Crippen LogP contribution in [0.1, 0.15) is 16.7 Å². The number of para-hydroxylation sites is 1. The van der Waals surface area contributed by atoms with Gasteiger partial charge in [0.1, 0.15) is 18.4 Å². The number of aromatic amines is 1. The molecule has 164 valence electrons. The van der Waals surface area contributed by atoms with Crippen molar-refractivity contribution in [1.29, 1.82) is 0 Å². The van der Waals surface area contributed by atoms with Gasteiger partial charge in [-0.2, -0.15) is 0 Å². The van der Waals surface area contributed by atoms with Crippen molar-refractivity contribution < 1.29 is 14.6 Å². The van der Waals surface area contributed by atoms with Gasteiger partial charge in [0.2, 0.25) is 0 Å². The van der Waals surface area contributed by atoms with Crippen molar-refractivity contribution >= 4 is 40.1 Å². The maximum absolute atomic E-state index is 11.8. The number of benzene rings is 3. The Morgan fingerprint density at radius 1 is 1.00 bits per heavy atom. The molecule has 0 aliphatic carbocycles. The maximum Gasteiger partial charge on any atom is 0.321 e. The van der Waals surface area contributed by atoms with E-state index >= 15 is 0 Å². The molecule has 3 N–H and O–H groups in total. The molecule has 4 aromatic rings. The third-order valence-corrected chi connectivity index (χ3v) is 6.03. The Morgan fingerprint density at radius 3 is 2.44 bits per heavy atom. The zero-order chi connectivity index (χ0) is 22.5. The van der Waals surface area contributed by atoms with E-state index in [9.17, 15) is 9.90 Å². The highest BCUT2D eigenvalue weighted by atomic mass is 35.5. The van der Waals surface area contributed by atoms with Gasteiger partial charge >= 0.3 is 5.97 Å². The van der Waals surface area contributed by atoms with E-state index in [0.29, 0.717) is 28.8 Å². The van der Waals surface area contributed by atoms with E-state index in [1.807, 2.05) is 54.7 Å². The lowest BCUT2D eigenvalue weighted by molar-refractivity contribution is -0.139. The second-order valence-electron chi connectivity index (χ2n) is 7.47. The average Bonchev–Trinajstić information content (AvgIpc) is 3.20. The molecule has 0 radical (unpaired) electrons. The number of aromatic nitrogens is 1. The average molecular weight is 469 g/mol. The first-order valence-corrected chi connectivity index (χ1v) is 10.9. The third kappa shape index (κ3) is 5.25. The summed E-state index contributed by atoms with van der Waals surface area (Å²) in [6.07, 6.45) is 2.26. The van der Waals surface area contributed by atoms with Gasteiger partial charge in [-0.1, -0.05) is 59.6 Å². The Bertz CT molecular complexity index is 1200. The molecule has 0 saturated carbocycles. The first-order chi connectivity index (χ1) is 15.5. The molecule has 0 bridgehead atoms. The Kier molecular flexibility index (Phi) is 7.00. The van der Waals surface area contributed by atoms with Crippen molar-refractivity contribution in [2.75, 3.05) is 0 Å². The number of fused-ring (bicyclic) bond motifs is 1. The number of rotatable bonds is 9. The van der Waals surface area contributed by atoms with Gasteiger partial charge in [-0.05, 0) is 41.5 Å². The predicted octanol–water partition coefficient (Wildman–Crippen LogP) is 5.84. The molecule has 0 amide bonds. The summed E-state index contributed by atoms with van der Waals surface area (Å²) in [5.74, 6) is -0.204. The fourth-order valence-electron chi connectivity index (χ4n) is 3.54. The minimum Gasteiger partial charge on any atom is -0.489 e. The number of ether oxygens (including phenoxy) is 1. The van der Waals surface area contributed by atoms with Crippen LogP contribution in [0.15, 0.2) is 72.9 Å². The summed E-state index contributed by atoms with van der Waals surface area (Å²) >= 11 is 12.4. The number of aliphatic carboxylic acids is 1. The molecule has 0 aliphatic rings. The molecule has 4 rings (SSSR count). The number of nitrogens with one attached hydrogen (secondary N) is 2. The van der Waals surface area contributed by atoms with E-state index < -0.39 is 12.0 Å². The lowest BCUT2D eigenvalue weighted by Gasteiger charge is -2.15. The molecule has 7 heteroatoms. The summed E-state index contributed by atoms with van der Waals surface area (Å²) < 4.78 is 5.80. The second kappa shape index (κ2) is 10.1. The highest BCUT2D eigenvalue weighted by Crippen LogP contribution is 2.26. The van der Waals surface area contributed by atoms with E-state index in [1.165, 1.54) is 0 Å². The van der Waals surface area contributed by atoms with E-state index in [0.717, 1.165) is 27.6 Å². The lowest BCUT2D eigenvalue weighted by atomic mass is 10.0. The summed E-state index contributed by atoms with van der Waals surface area (Å²) in [6.45, 7) is 0.692. The van der Waals surface area contributed by atoms with Gasteiger partial charge in [-0.3, -0.25) is 4.79 Å². The standard InChI is InChI=1S/C25H22Cl2N2O3/c26-21-5-3-6-22(27)20(21)15-32-18-10-8-16(9-11-18)13-28-24(25(30)31)12-17-14-29-23-7-2-1-4-19(17)23/h1-11,14,24,28-29H,12-13,15H2,(H,30,31)/t24-/m0/s1. The second-order valence-corrected chi connectivity index (χ2v) is 8.28. The van der Waals surface area contributed by atoms with Gasteiger partial charge in [0, 0.05) is 45.7 Å². The fraction of sp³-hybridized carbons (Fsp3) is 0.160. The zero-order valence-electron chi connectivity index (χ0n) is 17.1. The maximum atomic E-state index is 11.8. The van der Waals surface area contributed by atoms with Gasteiger partial charge in [-0.15, -0.1) is 0 Å². The molecule has 1 atom stereocenters. The Labute approximate surface area is 195 Å². The van der Waals surface area contributed by atoms with Crippen molar-refractivity contribution in [1.82, 2.24) is 10.3 Å². The van der Waals surface area contributed by atoms with Crippen LogP contribution < -0.4 is 10.1 Å². The van der Waals surface area contributed by atoms with Crippen LogP contribution in [0.4, 0.5) is 0 Å². The number of carboxylic acid groups (broad SMARTS) is 1. The number of carboxylic acids is 1. The van der Waals surface area contributed by atoms with Crippen LogP contribution in [0.5, 0.6) is 5.75 Å². The molecular weight excluding hydrogens is 447 g/mol. The molecule has 1 heterocycles. The summed E-state index contributed by atoms with van der Waals surface area (Å²) in [5.41, 5.74) is 3.67. The Hall–Kier alpha value is -2.99. The van der Waals surface area contributed by atoms with E-state index in [2.05, 4.69) is 10.3 Å². The van der Waals surface area contributed by atoms with Gasteiger partial charge < -0.3 is 20.1 Å². The largest absolute Gasteiger partial charge is 0.489 e. The zero-order valence-corrected chi connectivity index (χ0v) is 18.7. The molecule has 5 nitrogen and oxygen atoms in total. The molecule has 0 aliphatic heterocycles. The van der Waals surface area contributed by atoms with Crippen LogP contribution in [0.3, 0.4) is 0 Å². The third-order valence-electron chi connectivity index (χ3n) is 5.32. The quantitative estimate of drug-likeness (QED) is 0.288. The summed E-state index contributed by atoms with van der Waals surface area (Å²) in [4.78, 5) is 15.0. The number of H-pyrrole nitrogens is 1. The van der Waals surface area contributed by atoms with Crippen LogP contribution in [0, 0.1) is 0 Å². The summed E-state index contributed by atoms with van der Waals surface area (Å²) in [5, 5.41) is 15.0. The molecule has 0 fully saturated rings. The minimum atomic E-state index is -0.883. The Balaban J connectivity index is 1.35. The van der Waals surface area contributed by atoms with E-state index in [-0.39, 0.29) is 6.61 Å². The SMILES string of the molecule is O=C(O)[C@H](Cc1c[nH]c2ccccc12)NCc1ccc(OCc2c(Cl)cccc2Cl)cc1. The smallest absolute Gasteiger partial charge is 0.321 e. The minimum absolute atomic E-state index is 0.266. The Morgan fingerprint density at radius 2 is 1.72 bits per heavy atom. The van der Waals surface area contributed by atoms with Crippen LogP contribution >= 0.6 is 23.2 Å². The topological polar surface area (TPSA) is 74.3 Å². The molecule has 0 saturated heterocycles. The molecular formula is C25H22Cl2N2O3. The van der Waals surface area contributed by atoms with Crippen LogP contribution in [-0.2, 0) is 24.4 Å². The fourth-order valence-corrected chi connectivity index (χ4v) is 4.04. The molecule has 3 aromatic carbocycles. The first-order valence-electron chi connectivity index (χ1n) is 10.2. The van der Waals surface area contributed by atoms with Crippen LogP contribution in [0.25, 0.3) is 10.9 Å². The van der Waals surface area contributed by atoms with Gasteiger partial charge in [0.05, 0.1) is 0 Å². The van der Waals surface area contributed by atoms with Crippen molar-refractivity contribution in [2.24, 2.45) is 0 Å². The van der Waals surface area contributed by atoms with Gasteiger partial charge in [0.25, 0.3) is 0 Å². The number of hydrogen-bond donors (Lipinski definition) is 3. The first kappa shape index (κ1) is 22.2. The predicted molar refractivity (Wildman–Crippen MR) is 128 cm³/mol. The molecule has 1 aromatic heterocycles. The van der Waals surface area contributed by atoms with Gasteiger partial charge in [-0.25, -0.2) is 0 Å². The summed E-state index contributed by atoms with van der Waals surface area (Å²) in [7, 11) is 0. The van der Waals surface area contributed by atoms with Crippen LogP contribution in [0.2, 0.25) is 10.0 Å². The lowest BCUT2D eigenvalue weighted by Crippen LogP contribution is -2.38. The van der Waals surface area contributed by atoms with Crippen molar-refractivity contribution in [3.63, 3.8) is 0 Å². The molecule has 0 spiro atoms. The normalized spacial score (nSPS) is 12.1. The number of hydrogen-bond acceptors (Lipinski definition) is 3. The monoisotopic (exact) mass is 468 g/mol. The number of halogens is 2. The van der Waals surface area contributed by atoms with Crippen molar-refractivity contribution in [3.8, 4) is 5.75 Å². The van der Waals surface area contributed by atoms with Gasteiger partial charge in [0.15, 0.2) is 0 Å². The van der Waals surface area contributed by atoms with Crippen molar-refractivity contribution in [3.05, 3.63) is 99.7 Å².